The average molecular weight is 622 g/mol. The van der Waals surface area contributed by atoms with Gasteiger partial charge in [-0.2, -0.15) is 13.2 Å². The minimum absolute atomic E-state index is 0.302. The fourth-order valence-corrected chi connectivity index (χ4v) is 4.94. The molecule has 0 aliphatic heterocycles. The molecule has 5 aromatic rings. The number of amides is 1. The third-order valence-electron chi connectivity index (χ3n) is 6.62. The van der Waals surface area contributed by atoms with Gasteiger partial charge >= 0.3 is 6.18 Å². The summed E-state index contributed by atoms with van der Waals surface area (Å²) >= 11 is 0. The molecule has 1 aromatic carbocycles. The zero-order valence-electron chi connectivity index (χ0n) is 24.5. The second-order valence-electron chi connectivity index (χ2n) is 11.2. The average Bonchev–Trinajstić information content (AvgIpc) is 3.40. The molecule has 44 heavy (non-hydrogen) atoms. The molecule has 0 saturated carbocycles. The van der Waals surface area contributed by atoms with Crippen molar-refractivity contribution in [2.45, 2.75) is 45.5 Å². The van der Waals surface area contributed by atoms with Crippen molar-refractivity contribution in [3.63, 3.8) is 0 Å². The summed E-state index contributed by atoms with van der Waals surface area (Å²) in [5, 5.41) is 5.85. The standard InChI is InChI=1S/C29H30F3N9O2Si/c1-18-5-6-20(39-28(42)22-13-19(7-8-33-22)29(30,31)32)14-21(18)40-26-24(34-9-10-35-26)23-25-27(37-15-36-23)41(16-38-25)17-43-11-12-44(2,3)4/h5-10,13-16H,11-12,17H2,1-4H3,(H,35,40)(H,39,42). The Morgan fingerprint density at radius 2 is 1.75 bits per heavy atom. The summed E-state index contributed by atoms with van der Waals surface area (Å²) in [6.45, 7) is 9.69. The van der Waals surface area contributed by atoms with E-state index < -0.39 is 25.7 Å². The van der Waals surface area contributed by atoms with Crippen LogP contribution in [0.3, 0.4) is 0 Å². The highest BCUT2D eigenvalue weighted by Crippen LogP contribution is 2.32. The monoisotopic (exact) mass is 621 g/mol. The number of halogens is 3. The van der Waals surface area contributed by atoms with Crippen LogP contribution in [0.4, 0.5) is 30.4 Å². The van der Waals surface area contributed by atoms with Gasteiger partial charge in [-0.25, -0.2) is 24.9 Å². The van der Waals surface area contributed by atoms with Crippen LogP contribution in [0.25, 0.3) is 22.6 Å². The second-order valence-corrected chi connectivity index (χ2v) is 16.9. The molecule has 0 aliphatic carbocycles. The summed E-state index contributed by atoms with van der Waals surface area (Å²) in [7, 11) is -1.22. The smallest absolute Gasteiger partial charge is 0.361 e. The van der Waals surface area contributed by atoms with E-state index in [1.807, 2.05) is 11.5 Å². The van der Waals surface area contributed by atoms with Gasteiger partial charge in [0.2, 0.25) is 0 Å². The summed E-state index contributed by atoms with van der Waals surface area (Å²) in [6.07, 6.45) is 2.49. The van der Waals surface area contributed by atoms with Crippen molar-refractivity contribution in [3.05, 3.63) is 78.4 Å². The molecular weight excluding hydrogens is 591 g/mol. The molecule has 4 aromatic heterocycles. The molecule has 228 valence electrons. The lowest BCUT2D eigenvalue weighted by molar-refractivity contribution is -0.137. The number of imidazole rings is 1. The number of rotatable bonds is 10. The molecule has 11 nitrogen and oxygen atoms in total. The summed E-state index contributed by atoms with van der Waals surface area (Å²) in [6, 6.07) is 7.58. The van der Waals surface area contributed by atoms with Crippen molar-refractivity contribution in [3.8, 4) is 11.4 Å². The number of alkyl halides is 3. The minimum Gasteiger partial charge on any atom is -0.361 e. The molecule has 0 bridgehead atoms. The van der Waals surface area contributed by atoms with Gasteiger partial charge in [0.25, 0.3) is 5.91 Å². The molecular formula is C29H30F3N9O2Si. The van der Waals surface area contributed by atoms with Crippen LogP contribution in [-0.2, 0) is 17.6 Å². The molecule has 0 spiro atoms. The van der Waals surface area contributed by atoms with Gasteiger partial charge in [-0.15, -0.1) is 0 Å². The molecule has 2 N–H and O–H groups in total. The second kappa shape index (κ2) is 12.5. The maximum atomic E-state index is 13.1. The Morgan fingerprint density at radius 1 is 0.955 bits per heavy atom. The lowest BCUT2D eigenvalue weighted by atomic mass is 10.1. The van der Waals surface area contributed by atoms with Crippen LogP contribution in [0.2, 0.25) is 25.7 Å². The quantitative estimate of drug-likeness (QED) is 0.136. The highest BCUT2D eigenvalue weighted by Gasteiger charge is 2.31. The number of nitrogens with one attached hydrogen (secondary N) is 2. The van der Waals surface area contributed by atoms with E-state index in [0.29, 0.717) is 59.1 Å². The Labute approximate surface area is 252 Å². The Kier molecular flexibility index (Phi) is 8.69. The van der Waals surface area contributed by atoms with Crippen LogP contribution >= 0.6 is 0 Å². The normalized spacial score (nSPS) is 12.0. The molecule has 5 rings (SSSR count). The first-order chi connectivity index (χ1) is 20.9. The van der Waals surface area contributed by atoms with E-state index >= 15 is 0 Å². The number of aromatic nitrogens is 7. The fourth-order valence-electron chi connectivity index (χ4n) is 4.18. The van der Waals surface area contributed by atoms with Crippen LogP contribution in [0, 0.1) is 6.92 Å². The van der Waals surface area contributed by atoms with E-state index in [9.17, 15) is 18.0 Å². The number of fused-ring (bicyclic) bond motifs is 1. The summed E-state index contributed by atoms with van der Waals surface area (Å²) in [4.78, 5) is 38.9. The number of hydrogen-bond acceptors (Lipinski definition) is 9. The Balaban J connectivity index is 1.38. The molecule has 0 saturated heterocycles. The number of ether oxygens (including phenoxy) is 1. The van der Waals surface area contributed by atoms with Crippen LogP contribution < -0.4 is 10.6 Å². The van der Waals surface area contributed by atoms with Crippen LogP contribution in [0.5, 0.6) is 0 Å². The molecule has 15 heteroatoms. The van der Waals surface area contributed by atoms with E-state index in [4.69, 9.17) is 4.74 Å². The summed E-state index contributed by atoms with van der Waals surface area (Å²) in [5.41, 5.74) is 2.40. The molecule has 0 aliphatic rings. The van der Waals surface area contributed by atoms with Crippen molar-refractivity contribution in [2.24, 2.45) is 0 Å². The maximum absolute atomic E-state index is 13.1. The fraction of sp³-hybridized carbons (Fsp3) is 0.276. The van der Waals surface area contributed by atoms with Crippen LogP contribution in [-0.4, -0.2) is 55.1 Å². The number of pyridine rings is 1. The van der Waals surface area contributed by atoms with Crippen molar-refractivity contribution < 1.29 is 22.7 Å². The zero-order valence-corrected chi connectivity index (χ0v) is 25.5. The molecule has 0 unspecified atom stereocenters. The number of aryl methyl sites for hydroxylation is 1. The van der Waals surface area contributed by atoms with Gasteiger partial charge in [-0.05, 0) is 42.8 Å². The number of carbonyl (C=O) groups excluding carboxylic acids is 1. The van der Waals surface area contributed by atoms with Gasteiger partial charge in [-0.3, -0.25) is 14.3 Å². The summed E-state index contributed by atoms with van der Waals surface area (Å²) < 4.78 is 47.0. The number of nitrogens with zero attached hydrogens (tertiary/aromatic N) is 7. The molecule has 0 fully saturated rings. The lowest BCUT2D eigenvalue weighted by Crippen LogP contribution is -2.22. The van der Waals surface area contributed by atoms with Gasteiger partial charge in [0.05, 0.1) is 11.9 Å². The molecule has 0 radical (unpaired) electrons. The van der Waals surface area contributed by atoms with Crippen molar-refractivity contribution in [1.82, 2.24) is 34.5 Å². The Bertz CT molecular complexity index is 1810. The van der Waals surface area contributed by atoms with E-state index in [-0.39, 0.29) is 5.69 Å². The van der Waals surface area contributed by atoms with Crippen LogP contribution in [0.1, 0.15) is 21.6 Å². The zero-order chi connectivity index (χ0) is 31.5. The Morgan fingerprint density at radius 3 is 2.52 bits per heavy atom. The Hall–Kier alpha value is -4.76. The van der Waals surface area contributed by atoms with Gasteiger partial charge in [0, 0.05) is 44.6 Å². The van der Waals surface area contributed by atoms with E-state index in [1.165, 1.54) is 18.7 Å². The van der Waals surface area contributed by atoms with Crippen molar-refractivity contribution in [2.75, 3.05) is 17.2 Å². The first-order valence-electron chi connectivity index (χ1n) is 13.7. The summed E-state index contributed by atoms with van der Waals surface area (Å²) in [5.74, 6) is -0.408. The van der Waals surface area contributed by atoms with E-state index in [2.05, 4.69) is 60.2 Å². The number of anilines is 3. The topological polar surface area (TPSA) is 133 Å². The molecule has 0 atom stereocenters. The molecule has 4 heterocycles. The molecule has 1 amide bonds. The third kappa shape index (κ3) is 7.23. The van der Waals surface area contributed by atoms with Gasteiger partial charge < -0.3 is 15.4 Å². The van der Waals surface area contributed by atoms with E-state index in [1.54, 1.807) is 24.5 Å². The van der Waals surface area contributed by atoms with Gasteiger partial charge in [-0.1, -0.05) is 25.7 Å². The first kappa shape index (κ1) is 30.7. The third-order valence-corrected chi connectivity index (χ3v) is 8.32. The van der Waals surface area contributed by atoms with Gasteiger partial charge in [0.1, 0.15) is 35.7 Å². The lowest BCUT2D eigenvalue weighted by Gasteiger charge is -2.15. The highest BCUT2D eigenvalue weighted by molar-refractivity contribution is 6.76. The SMILES string of the molecule is Cc1ccc(NC(=O)c2cc(C(F)(F)F)ccn2)cc1Nc1nccnc1-c1ncnc2c1ncn2COCC[Si](C)(C)C. The number of hydrogen-bond donors (Lipinski definition) is 2. The van der Waals surface area contributed by atoms with Gasteiger partial charge in [0.15, 0.2) is 11.5 Å². The maximum Gasteiger partial charge on any atom is 0.416 e. The largest absolute Gasteiger partial charge is 0.416 e. The highest BCUT2D eigenvalue weighted by atomic mass is 28.3. The minimum atomic E-state index is -4.60. The first-order valence-corrected chi connectivity index (χ1v) is 17.4. The van der Waals surface area contributed by atoms with Crippen LogP contribution in [0.15, 0.2) is 61.6 Å². The van der Waals surface area contributed by atoms with E-state index in [0.717, 1.165) is 23.9 Å². The van der Waals surface area contributed by atoms with Crippen molar-refractivity contribution in [1.29, 1.82) is 0 Å². The van der Waals surface area contributed by atoms with Crippen molar-refractivity contribution >= 4 is 42.3 Å². The number of benzene rings is 1. The predicted molar refractivity (Wildman–Crippen MR) is 162 cm³/mol. The predicted octanol–water partition coefficient (Wildman–Crippen LogP) is 6.31. The number of carbonyl (C=O) groups is 1.